The Balaban J connectivity index is 1.59. The third-order valence-electron chi connectivity index (χ3n) is 4.45. The molecule has 0 aliphatic carbocycles. The average Bonchev–Trinajstić information content (AvgIpc) is 3.03. The van der Waals surface area contributed by atoms with Gasteiger partial charge in [0.2, 0.25) is 0 Å². The molecule has 0 unspecified atom stereocenters. The molecule has 3 aromatic carbocycles. The molecule has 0 bridgehead atoms. The van der Waals surface area contributed by atoms with Crippen LogP contribution in [0.2, 0.25) is 0 Å². The molecular weight excluding hydrogens is 338 g/mol. The lowest BCUT2D eigenvalue weighted by Gasteiger charge is -2.11. The molecule has 0 atom stereocenters. The van der Waals surface area contributed by atoms with Crippen LogP contribution < -0.4 is 14.8 Å². The third-order valence-corrected chi connectivity index (χ3v) is 4.45. The molecule has 4 rings (SSSR count). The number of rotatable bonds is 5. The Morgan fingerprint density at radius 2 is 1.70 bits per heavy atom. The van der Waals surface area contributed by atoms with Gasteiger partial charge in [-0.2, -0.15) is 0 Å². The minimum absolute atomic E-state index is 0.0976. The average molecular weight is 357 g/mol. The third kappa shape index (κ3) is 3.55. The fraction of sp³-hybridized carbons (Fsp3) is 0.0870. The van der Waals surface area contributed by atoms with Crippen LogP contribution >= 0.6 is 0 Å². The van der Waals surface area contributed by atoms with Gasteiger partial charge in [-0.3, -0.25) is 4.79 Å². The first-order chi connectivity index (χ1) is 13.2. The molecule has 0 saturated heterocycles. The van der Waals surface area contributed by atoms with Crippen molar-refractivity contribution in [2.24, 2.45) is 0 Å². The van der Waals surface area contributed by atoms with E-state index in [1.54, 1.807) is 7.11 Å². The number of carbonyl (C=O) groups excluding carboxylic acids is 1. The van der Waals surface area contributed by atoms with E-state index in [0.717, 1.165) is 22.4 Å². The van der Waals surface area contributed by atoms with Gasteiger partial charge >= 0.3 is 0 Å². The Morgan fingerprint density at radius 3 is 2.52 bits per heavy atom. The summed E-state index contributed by atoms with van der Waals surface area (Å²) in [6, 6.07) is 23.3. The molecule has 0 aromatic heterocycles. The normalized spacial score (nSPS) is 14.0. The van der Waals surface area contributed by atoms with Crippen molar-refractivity contribution in [1.29, 1.82) is 0 Å². The highest BCUT2D eigenvalue weighted by atomic mass is 16.5. The molecule has 134 valence electrons. The van der Waals surface area contributed by atoms with E-state index in [1.165, 1.54) is 0 Å². The monoisotopic (exact) mass is 357 g/mol. The maximum absolute atomic E-state index is 12.3. The second-order valence-corrected chi connectivity index (χ2v) is 6.24. The summed E-state index contributed by atoms with van der Waals surface area (Å²) < 4.78 is 11.4. The number of methoxy groups -OCH3 is 1. The van der Waals surface area contributed by atoms with E-state index in [9.17, 15) is 4.79 Å². The summed E-state index contributed by atoms with van der Waals surface area (Å²) in [5.41, 5.74) is 4.35. The van der Waals surface area contributed by atoms with Crippen LogP contribution in [0.3, 0.4) is 0 Å². The van der Waals surface area contributed by atoms with E-state index in [4.69, 9.17) is 9.47 Å². The zero-order chi connectivity index (χ0) is 18.6. The van der Waals surface area contributed by atoms with Crippen molar-refractivity contribution >= 4 is 23.2 Å². The lowest BCUT2D eigenvalue weighted by molar-refractivity contribution is -0.110. The first-order valence-corrected chi connectivity index (χ1v) is 8.72. The highest BCUT2D eigenvalue weighted by Crippen LogP contribution is 2.35. The van der Waals surface area contributed by atoms with E-state index < -0.39 is 0 Å². The van der Waals surface area contributed by atoms with Gasteiger partial charge in [-0.15, -0.1) is 0 Å². The fourth-order valence-corrected chi connectivity index (χ4v) is 3.08. The summed E-state index contributed by atoms with van der Waals surface area (Å²) in [7, 11) is 1.61. The second kappa shape index (κ2) is 7.38. The van der Waals surface area contributed by atoms with Crippen molar-refractivity contribution in [2.45, 2.75) is 6.61 Å². The molecule has 4 heteroatoms. The van der Waals surface area contributed by atoms with E-state index in [2.05, 4.69) is 5.32 Å². The van der Waals surface area contributed by atoms with Crippen molar-refractivity contribution < 1.29 is 14.3 Å². The van der Waals surface area contributed by atoms with Crippen LogP contribution in [0.15, 0.2) is 72.8 Å². The van der Waals surface area contributed by atoms with Crippen molar-refractivity contribution in [3.63, 3.8) is 0 Å². The molecule has 0 radical (unpaired) electrons. The molecule has 1 amide bonds. The van der Waals surface area contributed by atoms with E-state index in [0.29, 0.717) is 23.7 Å². The van der Waals surface area contributed by atoms with Crippen LogP contribution in [0.25, 0.3) is 11.6 Å². The number of benzene rings is 3. The highest BCUT2D eigenvalue weighted by Gasteiger charge is 2.23. The maximum atomic E-state index is 12.3. The minimum atomic E-state index is -0.0976. The summed E-state index contributed by atoms with van der Waals surface area (Å²) in [5, 5.41) is 2.88. The smallest absolute Gasteiger partial charge is 0.256 e. The molecule has 3 aromatic rings. The lowest BCUT2D eigenvalue weighted by atomic mass is 10.0. The predicted molar refractivity (Wildman–Crippen MR) is 107 cm³/mol. The molecule has 0 saturated carbocycles. The van der Waals surface area contributed by atoms with Crippen LogP contribution in [0.4, 0.5) is 5.69 Å². The lowest BCUT2D eigenvalue weighted by Crippen LogP contribution is -2.03. The highest BCUT2D eigenvalue weighted by molar-refractivity contribution is 6.34. The van der Waals surface area contributed by atoms with Gasteiger partial charge < -0.3 is 14.8 Å². The van der Waals surface area contributed by atoms with Crippen LogP contribution in [-0.4, -0.2) is 13.0 Å². The first-order valence-electron chi connectivity index (χ1n) is 8.72. The van der Waals surface area contributed by atoms with Gasteiger partial charge in [-0.1, -0.05) is 54.6 Å². The Morgan fingerprint density at radius 1 is 0.926 bits per heavy atom. The SMILES string of the molecule is COc1cc(/C=C2/C(=O)Nc3ccccc32)ccc1OCc1ccccc1. The topological polar surface area (TPSA) is 47.6 Å². The van der Waals surface area contributed by atoms with Crippen molar-refractivity contribution in [3.8, 4) is 11.5 Å². The van der Waals surface area contributed by atoms with Crippen LogP contribution in [-0.2, 0) is 11.4 Å². The van der Waals surface area contributed by atoms with Gasteiger partial charge in [0.25, 0.3) is 5.91 Å². The molecular formula is C23H19NO3. The summed E-state index contributed by atoms with van der Waals surface area (Å²) in [6.07, 6.45) is 1.87. The van der Waals surface area contributed by atoms with Gasteiger partial charge in [-0.05, 0) is 35.4 Å². The molecule has 4 nitrogen and oxygen atoms in total. The summed E-state index contributed by atoms with van der Waals surface area (Å²) in [4.78, 5) is 12.3. The number of carbonyl (C=O) groups is 1. The summed E-state index contributed by atoms with van der Waals surface area (Å²) >= 11 is 0. The molecule has 1 aliphatic rings. The zero-order valence-corrected chi connectivity index (χ0v) is 14.9. The van der Waals surface area contributed by atoms with Gasteiger partial charge in [-0.25, -0.2) is 0 Å². The van der Waals surface area contributed by atoms with E-state index in [1.807, 2.05) is 78.9 Å². The largest absolute Gasteiger partial charge is 0.493 e. The number of nitrogens with one attached hydrogen (secondary N) is 1. The second-order valence-electron chi connectivity index (χ2n) is 6.24. The molecule has 1 N–H and O–H groups in total. The predicted octanol–water partition coefficient (Wildman–Crippen LogP) is 4.77. The minimum Gasteiger partial charge on any atom is -0.493 e. The number of amides is 1. The number of hydrogen-bond donors (Lipinski definition) is 1. The zero-order valence-electron chi connectivity index (χ0n) is 14.9. The van der Waals surface area contributed by atoms with Gasteiger partial charge in [0.05, 0.1) is 7.11 Å². The number of anilines is 1. The Bertz CT molecular complexity index is 1010. The maximum Gasteiger partial charge on any atom is 0.256 e. The van der Waals surface area contributed by atoms with Gasteiger partial charge in [0, 0.05) is 16.8 Å². The molecule has 1 heterocycles. The summed E-state index contributed by atoms with van der Waals surface area (Å²) in [5.74, 6) is 1.20. The molecule has 27 heavy (non-hydrogen) atoms. The van der Waals surface area contributed by atoms with E-state index in [-0.39, 0.29) is 5.91 Å². The van der Waals surface area contributed by atoms with Crippen molar-refractivity contribution in [2.75, 3.05) is 12.4 Å². The molecule has 0 fully saturated rings. The standard InChI is InChI=1S/C23H19NO3/c1-26-22-14-17(11-12-21(22)27-15-16-7-3-2-4-8-16)13-19-18-9-5-6-10-20(18)24-23(19)25/h2-14H,15H2,1H3,(H,24,25)/b19-13+. The Labute approximate surface area is 158 Å². The number of fused-ring (bicyclic) bond motifs is 1. The van der Waals surface area contributed by atoms with E-state index >= 15 is 0 Å². The van der Waals surface area contributed by atoms with Crippen molar-refractivity contribution in [1.82, 2.24) is 0 Å². The van der Waals surface area contributed by atoms with Gasteiger partial charge in [0.1, 0.15) is 6.61 Å². The molecule has 0 spiro atoms. The number of para-hydroxylation sites is 1. The van der Waals surface area contributed by atoms with Crippen LogP contribution in [0, 0.1) is 0 Å². The van der Waals surface area contributed by atoms with Crippen molar-refractivity contribution in [3.05, 3.63) is 89.5 Å². The number of ether oxygens (including phenoxy) is 2. The Kier molecular flexibility index (Phi) is 4.62. The summed E-state index contributed by atoms with van der Waals surface area (Å²) in [6.45, 7) is 0.466. The molecule has 1 aliphatic heterocycles. The number of hydrogen-bond acceptors (Lipinski definition) is 3. The van der Waals surface area contributed by atoms with Crippen LogP contribution in [0.5, 0.6) is 11.5 Å². The Hall–Kier alpha value is -3.53. The van der Waals surface area contributed by atoms with Crippen LogP contribution in [0.1, 0.15) is 16.7 Å². The fourth-order valence-electron chi connectivity index (χ4n) is 3.08. The first kappa shape index (κ1) is 16.9. The quantitative estimate of drug-likeness (QED) is 0.669. The van der Waals surface area contributed by atoms with Gasteiger partial charge in [0.15, 0.2) is 11.5 Å².